The fourth-order valence-electron chi connectivity index (χ4n) is 0.823. The number of hydrogen-bond donors (Lipinski definition) is 1. The summed E-state index contributed by atoms with van der Waals surface area (Å²) in [6, 6.07) is 0.289. The van der Waals surface area contributed by atoms with Gasteiger partial charge in [0.05, 0.1) is 5.83 Å². The van der Waals surface area contributed by atoms with Crippen LogP contribution in [0.25, 0.3) is 0 Å². The number of halogens is 2. The van der Waals surface area contributed by atoms with Crippen LogP contribution in [0.4, 0.5) is 4.39 Å². The second-order valence-electron chi connectivity index (χ2n) is 2.35. The monoisotopic (exact) mass is 271 g/mol. The van der Waals surface area contributed by atoms with E-state index in [9.17, 15) is 4.39 Å². The normalized spacial score (nSPS) is 15.1. The SMILES string of the molecule is C/C=C(/F)CC(CI)NCC. The summed E-state index contributed by atoms with van der Waals surface area (Å²) >= 11 is 2.27. The average molecular weight is 271 g/mol. The Hall–Kier alpha value is 0.360. The van der Waals surface area contributed by atoms with E-state index in [1.165, 1.54) is 6.08 Å². The number of hydrogen-bond acceptors (Lipinski definition) is 1. The highest BCUT2D eigenvalue weighted by atomic mass is 127. The molecule has 0 rings (SSSR count). The summed E-state index contributed by atoms with van der Waals surface area (Å²) in [6.07, 6.45) is 2.05. The van der Waals surface area contributed by atoms with Crippen LogP contribution in [-0.4, -0.2) is 17.0 Å². The van der Waals surface area contributed by atoms with Gasteiger partial charge in [-0.25, -0.2) is 4.39 Å². The fraction of sp³-hybridized carbons (Fsp3) is 0.750. The maximum atomic E-state index is 12.7. The molecular weight excluding hydrogens is 256 g/mol. The zero-order chi connectivity index (χ0) is 8.69. The van der Waals surface area contributed by atoms with E-state index in [0.29, 0.717) is 6.42 Å². The van der Waals surface area contributed by atoms with Gasteiger partial charge in [0.1, 0.15) is 0 Å². The zero-order valence-corrected chi connectivity index (χ0v) is 9.19. The van der Waals surface area contributed by atoms with Crippen molar-refractivity contribution in [2.45, 2.75) is 26.3 Å². The van der Waals surface area contributed by atoms with Gasteiger partial charge >= 0.3 is 0 Å². The number of nitrogens with one attached hydrogen (secondary N) is 1. The number of rotatable bonds is 5. The first kappa shape index (κ1) is 11.4. The first-order valence-electron chi connectivity index (χ1n) is 3.84. The van der Waals surface area contributed by atoms with E-state index >= 15 is 0 Å². The molecule has 1 atom stereocenters. The molecule has 0 aliphatic heterocycles. The lowest BCUT2D eigenvalue weighted by atomic mass is 10.2. The molecule has 66 valence electrons. The van der Waals surface area contributed by atoms with Gasteiger partial charge in [0.15, 0.2) is 0 Å². The molecule has 0 aliphatic rings. The van der Waals surface area contributed by atoms with Crippen LogP contribution >= 0.6 is 22.6 Å². The Morgan fingerprint density at radius 1 is 1.73 bits per heavy atom. The molecule has 0 fully saturated rings. The Morgan fingerprint density at radius 2 is 2.36 bits per heavy atom. The lowest BCUT2D eigenvalue weighted by molar-refractivity contribution is 0.500. The number of alkyl halides is 1. The van der Waals surface area contributed by atoms with Crippen LogP contribution in [0.2, 0.25) is 0 Å². The molecule has 0 aromatic rings. The molecule has 0 aromatic heterocycles. The average Bonchev–Trinajstić information content (AvgIpc) is 2.03. The van der Waals surface area contributed by atoms with Crippen molar-refractivity contribution in [1.82, 2.24) is 5.32 Å². The molecule has 0 bridgehead atoms. The largest absolute Gasteiger partial charge is 0.313 e. The third kappa shape index (κ3) is 5.61. The smallest absolute Gasteiger partial charge is 0.0972 e. The Balaban J connectivity index is 3.68. The highest BCUT2D eigenvalue weighted by molar-refractivity contribution is 14.1. The highest BCUT2D eigenvalue weighted by Gasteiger charge is 2.06. The Bertz CT molecular complexity index is 125. The van der Waals surface area contributed by atoms with Crippen LogP contribution in [0.5, 0.6) is 0 Å². The summed E-state index contributed by atoms with van der Waals surface area (Å²) < 4.78 is 13.7. The van der Waals surface area contributed by atoms with Crippen LogP contribution in [0.3, 0.4) is 0 Å². The standard InChI is InChI=1S/C8H15FIN/c1-3-7(9)5-8(6-10)11-4-2/h3,8,11H,4-6H2,1-2H3/b7-3+. The molecule has 0 aromatic carbocycles. The Morgan fingerprint density at radius 3 is 2.73 bits per heavy atom. The maximum Gasteiger partial charge on any atom is 0.0972 e. The van der Waals surface area contributed by atoms with Gasteiger partial charge in [0.25, 0.3) is 0 Å². The van der Waals surface area contributed by atoms with Gasteiger partial charge in [-0.2, -0.15) is 0 Å². The van der Waals surface area contributed by atoms with Gasteiger partial charge in [-0.15, -0.1) is 0 Å². The van der Waals surface area contributed by atoms with Crippen molar-refractivity contribution in [3.8, 4) is 0 Å². The van der Waals surface area contributed by atoms with Gasteiger partial charge in [0.2, 0.25) is 0 Å². The third-order valence-corrected chi connectivity index (χ3v) is 2.50. The Labute approximate surface area is 81.6 Å². The molecule has 0 saturated heterocycles. The highest BCUT2D eigenvalue weighted by Crippen LogP contribution is 2.08. The van der Waals surface area contributed by atoms with Crippen molar-refractivity contribution in [3.63, 3.8) is 0 Å². The van der Waals surface area contributed by atoms with E-state index in [1.54, 1.807) is 6.92 Å². The van der Waals surface area contributed by atoms with Gasteiger partial charge in [-0.3, -0.25) is 0 Å². The van der Waals surface area contributed by atoms with Gasteiger partial charge in [-0.1, -0.05) is 35.6 Å². The molecule has 0 heterocycles. The minimum Gasteiger partial charge on any atom is -0.313 e. The summed E-state index contributed by atoms with van der Waals surface area (Å²) in [7, 11) is 0. The van der Waals surface area contributed by atoms with Crippen molar-refractivity contribution >= 4 is 22.6 Å². The van der Waals surface area contributed by atoms with Gasteiger partial charge in [0, 0.05) is 16.9 Å². The molecule has 0 aliphatic carbocycles. The molecule has 3 heteroatoms. The zero-order valence-electron chi connectivity index (χ0n) is 7.03. The second-order valence-corrected chi connectivity index (χ2v) is 3.23. The minimum absolute atomic E-state index is 0.0207. The summed E-state index contributed by atoms with van der Waals surface area (Å²) in [5.41, 5.74) is 0. The second kappa shape index (κ2) is 7.03. The molecule has 0 saturated carbocycles. The van der Waals surface area contributed by atoms with Gasteiger partial charge in [-0.05, 0) is 13.5 Å². The van der Waals surface area contributed by atoms with Crippen LogP contribution in [-0.2, 0) is 0 Å². The lowest BCUT2D eigenvalue weighted by Crippen LogP contribution is -2.30. The van der Waals surface area contributed by atoms with Gasteiger partial charge < -0.3 is 5.32 Å². The van der Waals surface area contributed by atoms with Crippen LogP contribution in [0, 0.1) is 0 Å². The first-order valence-corrected chi connectivity index (χ1v) is 5.37. The van der Waals surface area contributed by atoms with E-state index in [2.05, 4.69) is 27.9 Å². The molecule has 1 nitrogen and oxygen atoms in total. The molecule has 0 spiro atoms. The van der Waals surface area contributed by atoms with E-state index in [-0.39, 0.29) is 11.9 Å². The minimum atomic E-state index is -0.0207. The van der Waals surface area contributed by atoms with Crippen LogP contribution in [0.1, 0.15) is 20.3 Å². The van der Waals surface area contributed by atoms with Crippen LogP contribution in [0.15, 0.2) is 11.9 Å². The molecule has 0 radical (unpaired) electrons. The first-order chi connectivity index (χ1) is 5.24. The lowest BCUT2D eigenvalue weighted by Gasteiger charge is -2.12. The third-order valence-electron chi connectivity index (χ3n) is 1.43. The number of allylic oxidation sites excluding steroid dienone is 1. The summed E-state index contributed by atoms with van der Waals surface area (Å²) in [4.78, 5) is 0. The molecule has 1 N–H and O–H groups in total. The van der Waals surface area contributed by atoms with E-state index < -0.39 is 0 Å². The summed E-state index contributed by atoms with van der Waals surface area (Å²) in [6.45, 7) is 4.67. The summed E-state index contributed by atoms with van der Waals surface area (Å²) in [5.74, 6) is -0.0207. The van der Waals surface area contributed by atoms with Crippen molar-refractivity contribution in [3.05, 3.63) is 11.9 Å². The predicted octanol–water partition coefficient (Wildman–Crippen LogP) is 2.66. The quantitative estimate of drug-likeness (QED) is 0.598. The fourth-order valence-corrected chi connectivity index (χ4v) is 1.45. The van der Waals surface area contributed by atoms with E-state index in [0.717, 1.165) is 11.0 Å². The predicted molar refractivity (Wildman–Crippen MR) is 55.8 cm³/mol. The molecule has 11 heavy (non-hydrogen) atoms. The Kier molecular flexibility index (Phi) is 7.26. The summed E-state index contributed by atoms with van der Waals surface area (Å²) in [5, 5.41) is 3.21. The molecule has 0 amide bonds. The van der Waals surface area contributed by atoms with E-state index in [1.807, 2.05) is 6.92 Å². The molecular formula is C8H15FIN. The van der Waals surface area contributed by atoms with Crippen molar-refractivity contribution < 1.29 is 4.39 Å². The molecule has 1 unspecified atom stereocenters. The van der Waals surface area contributed by atoms with E-state index in [4.69, 9.17) is 0 Å². The van der Waals surface area contributed by atoms with Crippen molar-refractivity contribution in [2.24, 2.45) is 0 Å². The topological polar surface area (TPSA) is 12.0 Å². The maximum absolute atomic E-state index is 12.7. The van der Waals surface area contributed by atoms with Crippen molar-refractivity contribution in [2.75, 3.05) is 11.0 Å². The van der Waals surface area contributed by atoms with Crippen molar-refractivity contribution in [1.29, 1.82) is 0 Å². The van der Waals surface area contributed by atoms with Crippen LogP contribution < -0.4 is 5.32 Å².